The fourth-order valence-electron chi connectivity index (χ4n) is 2.77. The van der Waals surface area contributed by atoms with E-state index in [1.807, 2.05) is 26.0 Å². The van der Waals surface area contributed by atoms with Crippen LogP contribution in [0.1, 0.15) is 34.7 Å². The zero-order valence-electron chi connectivity index (χ0n) is 16.8. The van der Waals surface area contributed by atoms with Crippen LogP contribution in [0.15, 0.2) is 53.7 Å². The highest BCUT2D eigenvalue weighted by Gasteiger charge is 2.19. The fraction of sp³-hybridized carbons (Fsp3) is 0.238. The standard InChI is InChI=1S/C21H22ClN5O2S/c1-13-7-9-15(10-8-13)20(29)23-14(2)19-25-26-21(27(19)3)30-12-18(28)24-17-6-4-5-16(22)11-17/h4-11,14H,12H2,1-3H3,(H,23,29)(H,24,28)/t14-/m0/s1. The number of anilines is 1. The van der Waals surface area contributed by atoms with Crippen molar-refractivity contribution in [2.24, 2.45) is 7.05 Å². The third kappa shape index (κ3) is 5.61. The van der Waals surface area contributed by atoms with E-state index in [4.69, 9.17) is 11.6 Å². The van der Waals surface area contributed by atoms with Gasteiger partial charge in [-0.3, -0.25) is 9.59 Å². The van der Waals surface area contributed by atoms with E-state index in [2.05, 4.69) is 20.8 Å². The van der Waals surface area contributed by atoms with Crippen molar-refractivity contribution in [2.45, 2.75) is 25.0 Å². The van der Waals surface area contributed by atoms with E-state index < -0.39 is 0 Å². The van der Waals surface area contributed by atoms with Gasteiger partial charge in [0.15, 0.2) is 11.0 Å². The molecule has 2 aromatic carbocycles. The van der Waals surface area contributed by atoms with Crippen molar-refractivity contribution in [1.29, 1.82) is 0 Å². The van der Waals surface area contributed by atoms with Crippen LogP contribution in [-0.2, 0) is 11.8 Å². The minimum Gasteiger partial charge on any atom is -0.342 e. The zero-order chi connectivity index (χ0) is 21.7. The molecule has 1 heterocycles. The lowest BCUT2D eigenvalue weighted by Gasteiger charge is -2.13. The number of amides is 2. The van der Waals surface area contributed by atoms with Gasteiger partial charge in [-0.25, -0.2) is 0 Å². The molecule has 0 fully saturated rings. The lowest BCUT2D eigenvalue weighted by Crippen LogP contribution is -2.28. The molecule has 156 valence electrons. The molecule has 0 bridgehead atoms. The molecule has 0 aliphatic carbocycles. The van der Waals surface area contributed by atoms with Crippen molar-refractivity contribution >= 4 is 40.9 Å². The molecular weight excluding hydrogens is 422 g/mol. The topological polar surface area (TPSA) is 88.9 Å². The highest BCUT2D eigenvalue weighted by molar-refractivity contribution is 7.99. The van der Waals surface area contributed by atoms with E-state index in [1.54, 1.807) is 48.0 Å². The highest BCUT2D eigenvalue weighted by Crippen LogP contribution is 2.20. The van der Waals surface area contributed by atoms with Crippen LogP contribution in [0.2, 0.25) is 5.02 Å². The Morgan fingerprint density at radius 1 is 1.17 bits per heavy atom. The monoisotopic (exact) mass is 443 g/mol. The SMILES string of the molecule is Cc1ccc(C(=O)N[C@@H](C)c2nnc(SCC(=O)Nc3cccc(Cl)c3)n2C)cc1. The van der Waals surface area contributed by atoms with Crippen LogP contribution in [0.25, 0.3) is 0 Å². The Labute approximate surface area is 184 Å². The molecule has 0 aliphatic rings. The molecule has 30 heavy (non-hydrogen) atoms. The number of rotatable bonds is 7. The summed E-state index contributed by atoms with van der Waals surface area (Å²) in [5, 5.41) is 15.2. The van der Waals surface area contributed by atoms with Gasteiger partial charge in [0.05, 0.1) is 11.8 Å². The van der Waals surface area contributed by atoms with Crippen LogP contribution in [0.5, 0.6) is 0 Å². The number of hydrogen-bond donors (Lipinski definition) is 2. The number of thioether (sulfide) groups is 1. The third-order valence-corrected chi connectivity index (χ3v) is 5.61. The Morgan fingerprint density at radius 2 is 1.90 bits per heavy atom. The molecule has 2 amide bonds. The van der Waals surface area contributed by atoms with Crippen molar-refractivity contribution in [1.82, 2.24) is 20.1 Å². The molecule has 0 radical (unpaired) electrons. The summed E-state index contributed by atoms with van der Waals surface area (Å²) >= 11 is 7.19. The summed E-state index contributed by atoms with van der Waals surface area (Å²) in [5.74, 6) is 0.420. The van der Waals surface area contributed by atoms with Crippen LogP contribution in [0, 0.1) is 6.92 Å². The van der Waals surface area contributed by atoms with Crippen LogP contribution in [0.3, 0.4) is 0 Å². The first kappa shape index (κ1) is 21.9. The van der Waals surface area contributed by atoms with Crippen LogP contribution in [-0.4, -0.2) is 32.3 Å². The Balaban J connectivity index is 1.57. The number of nitrogens with one attached hydrogen (secondary N) is 2. The largest absolute Gasteiger partial charge is 0.342 e. The Bertz CT molecular complexity index is 1050. The first-order valence-corrected chi connectivity index (χ1v) is 10.6. The molecule has 1 atom stereocenters. The number of aryl methyl sites for hydroxylation is 1. The summed E-state index contributed by atoms with van der Waals surface area (Å²) in [5.41, 5.74) is 2.31. The number of halogens is 1. The fourth-order valence-corrected chi connectivity index (χ4v) is 3.68. The van der Waals surface area contributed by atoms with Crippen LogP contribution < -0.4 is 10.6 Å². The summed E-state index contributed by atoms with van der Waals surface area (Å²) < 4.78 is 1.78. The second kappa shape index (κ2) is 9.77. The van der Waals surface area contributed by atoms with Crippen molar-refractivity contribution in [2.75, 3.05) is 11.1 Å². The number of nitrogens with zero attached hydrogens (tertiary/aromatic N) is 3. The smallest absolute Gasteiger partial charge is 0.251 e. The summed E-state index contributed by atoms with van der Waals surface area (Å²) in [6.45, 7) is 3.81. The number of carbonyl (C=O) groups is 2. The number of hydrogen-bond acceptors (Lipinski definition) is 5. The molecular formula is C21H22ClN5O2S. The average Bonchev–Trinajstić information content (AvgIpc) is 3.07. The van der Waals surface area contributed by atoms with Gasteiger partial charge in [0.2, 0.25) is 5.91 Å². The van der Waals surface area contributed by atoms with Crippen molar-refractivity contribution in [3.8, 4) is 0 Å². The Hall–Kier alpha value is -2.84. The van der Waals surface area contributed by atoms with E-state index >= 15 is 0 Å². The van der Waals surface area contributed by atoms with Crippen molar-refractivity contribution < 1.29 is 9.59 Å². The van der Waals surface area contributed by atoms with Gasteiger partial charge in [-0.1, -0.05) is 47.1 Å². The maximum Gasteiger partial charge on any atom is 0.251 e. The van der Waals surface area contributed by atoms with Gasteiger partial charge in [-0.05, 0) is 44.2 Å². The molecule has 0 unspecified atom stereocenters. The maximum atomic E-state index is 12.4. The van der Waals surface area contributed by atoms with Crippen LogP contribution >= 0.6 is 23.4 Å². The number of aromatic nitrogens is 3. The number of carbonyl (C=O) groups excluding carboxylic acids is 2. The third-order valence-electron chi connectivity index (χ3n) is 4.36. The zero-order valence-corrected chi connectivity index (χ0v) is 18.4. The quantitative estimate of drug-likeness (QED) is 0.539. The molecule has 9 heteroatoms. The predicted octanol–water partition coefficient (Wildman–Crippen LogP) is 4.00. The van der Waals surface area contributed by atoms with Gasteiger partial charge in [-0.2, -0.15) is 0 Å². The first-order valence-electron chi connectivity index (χ1n) is 9.28. The molecule has 3 rings (SSSR count). The summed E-state index contributed by atoms with van der Waals surface area (Å²) in [6, 6.07) is 14.0. The normalized spacial score (nSPS) is 11.7. The average molecular weight is 444 g/mol. The Morgan fingerprint density at radius 3 is 2.60 bits per heavy atom. The summed E-state index contributed by atoms with van der Waals surface area (Å²) in [6.07, 6.45) is 0. The van der Waals surface area contributed by atoms with E-state index in [0.29, 0.717) is 27.3 Å². The highest BCUT2D eigenvalue weighted by atomic mass is 35.5. The Kier molecular flexibility index (Phi) is 7.12. The molecule has 7 nitrogen and oxygen atoms in total. The molecule has 0 saturated heterocycles. The maximum absolute atomic E-state index is 12.4. The molecule has 0 saturated carbocycles. The van der Waals surface area contributed by atoms with Gasteiger partial charge in [0.25, 0.3) is 5.91 Å². The van der Waals surface area contributed by atoms with E-state index in [0.717, 1.165) is 5.56 Å². The van der Waals surface area contributed by atoms with E-state index in [9.17, 15) is 9.59 Å². The lowest BCUT2D eigenvalue weighted by molar-refractivity contribution is -0.113. The van der Waals surface area contributed by atoms with Gasteiger partial charge in [0, 0.05) is 23.3 Å². The van der Waals surface area contributed by atoms with Crippen molar-refractivity contribution in [3.05, 3.63) is 70.5 Å². The molecule has 1 aromatic heterocycles. The van der Waals surface area contributed by atoms with E-state index in [1.165, 1.54) is 11.8 Å². The predicted molar refractivity (Wildman–Crippen MR) is 119 cm³/mol. The minimum atomic E-state index is -0.342. The lowest BCUT2D eigenvalue weighted by atomic mass is 10.1. The second-order valence-corrected chi connectivity index (χ2v) is 8.19. The second-order valence-electron chi connectivity index (χ2n) is 6.81. The summed E-state index contributed by atoms with van der Waals surface area (Å²) in [4.78, 5) is 24.6. The molecule has 2 N–H and O–H groups in total. The van der Waals surface area contributed by atoms with Gasteiger partial charge >= 0.3 is 0 Å². The molecule has 3 aromatic rings. The van der Waals surface area contributed by atoms with Gasteiger partial charge < -0.3 is 15.2 Å². The molecule has 0 spiro atoms. The van der Waals surface area contributed by atoms with E-state index in [-0.39, 0.29) is 23.6 Å². The van der Waals surface area contributed by atoms with Crippen LogP contribution in [0.4, 0.5) is 5.69 Å². The first-order chi connectivity index (χ1) is 14.3. The number of benzene rings is 2. The van der Waals surface area contributed by atoms with Gasteiger partial charge in [-0.15, -0.1) is 10.2 Å². The molecule has 0 aliphatic heterocycles. The van der Waals surface area contributed by atoms with Gasteiger partial charge in [0.1, 0.15) is 0 Å². The van der Waals surface area contributed by atoms with Crippen molar-refractivity contribution in [3.63, 3.8) is 0 Å². The summed E-state index contributed by atoms with van der Waals surface area (Å²) in [7, 11) is 1.81. The minimum absolute atomic E-state index is 0.169.